The first-order chi connectivity index (χ1) is 14.0. The van der Waals surface area contributed by atoms with Crippen molar-refractivity contribution >= 4 is 0 Å². The Morgan fingerprint density at radius 1 is 1.21 bits per heavy atom. The largest absolute Gasteiger partial charge is 0.395 e. The van der Waals surface area contributed by atoms with Crippen LogP contribution in [0.3, 0.4) is 0 Å². The van der Waals surface area contributed by atoms with Gasteiger partial charge < -0.3 is 20.6 Å². The molecule has 1 fully saturated rings. The second-order valence-electron chi connectivity index (χ2n) is 9.46. The molecular weight excluding hydrogens is 362 g/mol. The monoisotopic (exact) mass is 407 g/mol. The van der Waals surface area contributed by atoms with Gasteiger partial charge in [-0.05, 0) is 62.8 Å². The van der Waals surface area contributed by atoms with Crippen LogP contribution in [-0.4, -0.2) is 47.2 Å². The van der Waals surface area contributed by atoms with Gasteiger partial charge in [0.15, 0.2) is 0 Å². The molecule has 0 amide bonds. The molecule has 0 spiro atoms. The first kappa shape index (κ1) is 24.6. The highest BCUT2D eigenvalue weighted by Crippen LogP contribution is 2.48. The number of allylic oxidation sites excluding steroid dienone is 2. The van der Waals surface area contributed by atoms with E-state index >= 15 is 0 Å². The molecule has 29 heavy (non-hydrogen) atoms. The van der Waals surface area contributed by atoms with Gasteiger partial charge in [0.1, 0.15) is 0 Å². The molecule has 4 N–H and O–H groups in total. The molecule has 0 unspecified atom stereocenters. The van der Waals surface area contributed by atoms with Crippen molar-refractivity contribution in [1.29, 1.82) is 0 Å². The van der Waals surface area contributed by atoms with Gasteiger partial charge in [0.05, 0.1) is 18.8 Å². The first-order valence-electron chi connectivity index (χ1n) is 12.1. The highest BCUT2D eigenvalue weighted by Gasteiger charge is 2.43. The molecular formula is C25H45NO3. The van der Waals surface area contributed by atoms with E-state index in [1.54, 1.807) is 5.57 Å². The number of rotatable bonds is 15. The van der Waals surface area contributed by atoms with E-state index in [0.717, 1.165) is 25.8 Å². The molecule has 0 radical (unpaired) electrons. The smallest absolute Gasteiger partial charge is 0.0723 e. The molecule has 2 rings (SSSR count). The normalized spacial score (nSPS) is 28.7. The molecule has 1 saturated carbocycles. The number of fused-ring (bicyclic) bond motifs is 1. The quantitative estimate of drug-likeness (QED) is 0.242. The molecule has 0 aromatic carbocycles. The van der Waals surface area contributed by atoms with Gasteiger partial charge in [-0.3, -0.25) is 0 Å². The van der Waals surface area contributed by atoms with Gasteiger partial charge in [-0.25, -0.2) is 0 Å². The van der Waals surface area contributed by atoms with Gasteiger partial charge in [-0.1, -0.05) is 63.3 Å². The SMILES string of the molecule is CCCC[C@H](C)C[C@H](O)/C=C/[C@@H]1[C@H]2CC(CCCCCNCCO)=C[C@H]2C[C@H]1O. The van der Waals surface area contributed by atoms with Gasteiger partial charge in [0.25, 0.3) is 0 Å². The summed E-state index contributed by atoms with van der Waals surface area (Å²) in [6, 6.07) is 0. The summed E-state index contributed by atoms with van der Waals surface area (Å²) in [6.45, 7) is 6.33. The summed E-state index contributed by atoms with van der Waals surface area (Å²) in [5, 5.41) is 32.9. The van der Waals surface area contributed by atoms with Crippen LogP contribution in [0.15, 0.2) is 23.8 Å². The maximum Gasteiger partial charge on any atom is 0.0723 e. The van der Waals surface area contributed by atoms with E-state index in [2.05, 4.69) is 31.3 Å². The van der Waals surface area contributed by atoms with Crippen LogP contribution >= 0.6 is 0 Å². The van der Waals surface area contributed by atoms with E-state index in [-0.39, 0.29) is 24.7 Å². The molecule has 2 aliphatic carbocycles. The van der Waals surface area contributed by atoms with Gasteiger partial charge in [0, 0.05) is 12.5 Å². The third-order valence-corrected chi connectivity index (χ3v) is 6.84. The Labute approximate surface area is 178 Å². The maximum absolute atomic E-state index is 10.5. The summed E-state index contributed by atoms with van der Waals surface area (Å²) in [5.41, 5.74) is 1.57. The van der Waals surface area contributed by atoms with E-state index in [4.69, 9.17) is 5.11 Å². The molecule has 0 saturated heterocycles. The van der Waals surface area contributed by atoms with Crippen LogP contribution in [0.2, 0.25) is 0 Å². The van der Waals surface area contributed by atoms with E-state index in [1.807, 2.05) is 6.08 Å². The fraction of sp³-hybridized carbons (Fsp3) is 0.840. The van der Waals surface area contributed by atoms with Crippen LogP contribution in [0.5, 0.6) is 0 Å². The van der Waals surface area contributed by atoms with Crippen molar-refractivity contribution in [2.45, 2.75) is 90.3 Å². The first-order valence-corrected chi connectivity index (χ1v) is 12.1. The van der Waals surface area contributed by atoms with Crippen molar-refractivity contribution in [3.63, 3.8) is 0 Å². The molecule has 0 bridgehead atoms. The summed E-state index contributed by atoms with van der Waals surface area (Å²) in [5.74, 6) is 1.78. The van der Waals surface area contributed by atoms with Crippen molar-refractivity contribution in [2.75, 3.05) is 19.7 Å². The van der Waals surface area contributed by atoms with Crippen LogP contribution in [0, 0.1) is 23.7 Å². The lowest BCUT2D eigenvalue weighted by Crippen LogP contribution is -2.19. The summed E-state index contributed by atoms with van der Waals surface area (Å²) >= 11 is 0. The summed E-state index contributed by atoms with van der Waals surface area (Å²) < 4.78 is 0. The second-order valence-corrected chi connectivity index (χ2v) is 9.46. The minimum atomic E-state index is -0.388. The van der Waals surface area contributed by atoms with Crippen LogP contribution in [-0.2, 0) is 0 Å². The fourth-order valence-electron chi connectivity index (χ4n) is 5.19. The average Bonchev–Trinajstić information content (AvgIpc) is 3.20. The third-order valence-electron chi connectivity index (χ3n) is 6.84. The van der Waals surface area contributed by atoms with E-state index in [1.165, 1.54) is 44.9 Å². The number of aliphatic hydroxyl groups is 3. The molecule has 0 aromatic heterocycles. The Morgan fingerprint density at radius 3 is 2.79 bits per heavy atom. The Bertz CT molecular complexity index is 504. The highest BCUT2D eigenvalue weighted by atomic mass is 16.3. The van der Waals surface area contributed by atoms with Crippen molar-refractivity contribution in [3.05, 3.63) is 23.8 Å². The fourth-order valence-corrected chi connectivity index (χ4v) is 5.19. The Hall–Kier alpha value is -0.680. The summed E-state index contributed by atoms with van der Waals surface area (Å²) in [4.78, 5) is 0. The van der Waals surface area contributed by atoms with Crippen molar-refractivity contribution in [3.8, 4) is 0 Å². The van der Waals surface area contributed by atoms with Gasteiger partial charge in [-0.15, -0.1) is 0 Å². The molecule has 6 atom stereocenters. The van der Waals surface area contributed by atoms with E-state index < -0.39 is 0 Å². The molecule has 4 nitrogen and oxygen atoms in total. The minimum Gasteiger partial charge on any atom is -0.395 e. The number of nitrogens with one attached hydrogen (secondary N) is 1. The highest BCUT2D eigenvalue weighted by molar-refractivity contribution is 5.21. The van der Waals surface area contributed by atoms with Crippen molar-refractivity contribution < 1.29 is 15.3 Å². The topological polar surface area (TPSA) is 72.7 Å². The van der Waals surface area contributed by atoms with Crippen LogP contribution in [0.25, 0.3) is 0 Å². The molecule has 4 heteroatoms. The lowest BCUT2D eigenvalue weighted by Gasteiger charge is -2.19. The van der Waals surface area contributed by atoms with Gasteiger partial charge in [-0.2, -0.15) is 0 Å². The number of aliphatic hydroxyl groups excluding tert-OH is 3. The Morgan fingerprint density at radius 2 is 2.03 bits per heavy atom. The van der Waals surface area contributed by atoms with Crippen LogP contribution < -0.4 is 5.32 Å². The lowest BCUT2D eigenvalue weighted by atomic mass is 9.88. The van der Waals surface area contributed by atoms with Gasteiger partial charge in [0.2, 0.25) is 0 Å². The zero-order valence-electron chi connectivity index (χ0n) is 18.7. The summed E-state index contributed by atoms with van der Waals surface area (Å²) in [7, 11) is 0. The Balaban J connectivity index is 1.71. The maximum atomic E-state index is 10.5. The minimum absolute atomic E-state index is 0.192. The van der Waals surface area contributed by atoms with Crippen molar-refractivity contribution in [2.24, 2.45) is 23.7 Å². The summed E-state index contributed by atoms with van der Waals surface area (Å²) in [6.07, 6.45) is 17.1. The molecule has 168 valence electrons. The Kier molecular flexibility index (Phi) is 11.5. The van der Waals surface area contributed by atoms with E-state index in [0.29, 0.717) is 24.3 Å². The number of hydrogen-bond donors (Lipinski definition) is 4. The standard InChI is InChI=1S/C25H45NO3/c1-3-4-8-19(2)15-22(28)10-11-23-24-17-20(16-21(24)18-25(23)29)9-6-5-7-12-26-13-14-27/h10-11,16,19,21-29H,3-9,12-15,17-18H2,1-2H3/b11-10+/t19-,21-,22+,23+,24-,25+/m0/s1. The zero-order chi connectivity index (χ0) is 21.1. The molecule has 0 aromatic rings. The number of hydrogen-bond acceptors (Lipinski definition) is 4. The lowest BCUT2D eigenvalue weighted by molar-refractivity contribution is 0.139. The van der Waals surface area contributed by atoms with Crippen molar-refractivity contribution in [1.82, 2.24) is 5.32 Å². The predicted octanol–water partition coefficient (Wildman–Crippen LogP) is 4.21. The van der Waals surface area contributed by atoms with Gasteiger partial charge >= 0.3 is 0 Å². The molecule has 0 heterocycles. The zero-order valence-corrected chi connectivity index (χ0v) is 18.7. The molecule has 2 aliphatic rings. The number of unbranched alkanes of at least 4 members (excludes halogenated alkanes) is 3. The predicted molar refractivity (Wildman–Crippen MR) is 121 cm³/mol. The van der Waals surface area contributed by atoms with E-state index in [9.17, 15) is 10.2 Å². The van der Waals surface area contributed by atoms with Crippen LogP contribution in [0.4, 0.5) is 0 Å². The third kappa shape index (κ3) is 8.53. The second kappa shape index (κ2) is 13.6. The van der Waals surface area contributed by atoms with Crippen LogP contribution in [0.1, 0.15) is 78.1 Å². The average molecular weight is 408 g/mol. The molecule has 0 aliphatic heterocycles.